The molecule has 2 nitrogen and oxygen atoms in total. The molecular formula is C33H24N2. The van der Waals surface area contributed by atoms with Gasteiger partial charge in [-0.05, 0) is 58.6 Å². The van der Waals surface area contributed by atoms with Crippen molar-refractivity contribution in [1.29, 1.82) is 0 Å². The van der Waals surface area contributed by atoms with Crippen LogP contribution in [0.25, 0.3) is 49.0 Å². The van der Waals surface area contributed by atoms with Crippen LogP contribution in [-0.4, -0.2) is 11.6 Å². The van der Waals surface area contributed by atoms with E-state index in [1.807, 2.05) is 0 Å². The first-order valence-electron chi connectivity index (χ1n) is 12.0. The normalized spacial score (nSPS) is 11.6. The first-order chi connectivity index (χ1) is 17.3. The van der Waals surface area contributed by atoms with Crippen LogP contribution in [-0.2, 0) is 0 Å². The standard InChI is InChI=1S/C33H24N2/c1-34(23-12-4-2-5-13-23)25-20-21-31-30(22-25)32-28-18-10-8-16-26(28)27-17-9-11-19-29(27)33(32)35(31)24-14-6-3-7-15-24/h2-22H,1H3. The van der Waals surface area contributed by atoms with Crippen molar-refractivity contribution in [3.63, 3.8) is 0 Å². The van der Waals surface area contributed by atoms with Gasteiger partial charge in [0, 0.05) is 40.3 Å². The molecule has 7 rings (SSSR count). The summed E-state index contributed by atoms with van der Waals surface area (Å²) in [5.41, 5.74) is 6.01. The lowest BCUT2D eigenvalue weighted by Gasteiger charge is -2.19. The number of aromatic nitrogens is 1. The molecule has 166 valence electrons. The largest absolute Gasteiger partial charge is 0.345 e. The smallest absolute Gasteiger partial charge is 0.0625 e. The molecule has 6 aromatic carbocycles. The molecule has 0 aliphatic rings. The van der Waals surface area contributed by atoms with E-state index in [2.05, 4.69) is 144 Å². The zero-order chi connectivity index (χ0) is 23.4. The minimum absolute atomic E-state index is 1.17. The van der Waals surface area contributed by atoms with Crippen LogP contribution in [0.15, 0.2) is 127 Å². The molecule has 0 fully saturated rings. The Balaban J connectivity index is 1.67. The molecule has 1 heterocycles. The van der Waals surface area contributed by atoms with E-state index < -0.39 is 0 Å². The van der Waals surface area contributed by atoms with Crippen molar-refractivity contribution < 1.29 is 0 Å². The predicted molar refractivity (Wildman–Crippen MR) is 150 cm³/mol. The summed E-state index contributed by atoms with van der Waals surface area (Å²) in [7, 11) is 2.14. The van der Waals surface area contributed by atoms with Crippen molar-refractivity contribution in [2.75, 3.05) is 11.9 Å². The van der Waals surface area contributed by atoms with Crippen LogP contribution in [0.1, 0.15) is 0 Å². The Morgan fingerprint density at radius 1 is 0.486 bits per heavy atom. The summed E-state index contributed by atoms with van der Waals surface area (Å²) in [6.45, 7) is 0. The van der Waals surface area contributed by atoms with E-state index in [1.165, 1.54) is 60.4 Å². The second kappa shape index (κ2) is 7.75. The average molecular weight is 449 g/mol. The van der Waals surface area contributed by atoms with Crippen LogP contribution in [0, 0.1) is 0 Å². The lowest BCUT2D eigenvalue weighted by atomic mass is 9.96. The Morgan fingerprint density at radius 2 is 1.06 bits per heavy atom. The van der Waals surface area contributed by atoms with Gasteiger partial charge in [-0.1, -0.05) is 84.9 Å². The van der Waals surface area contributed by atoms with Crippen molar-refractivity contribution in [1.82, 2.24) is 4.57 Å². The molecule has 0 aliphatic carbocycles. The number of hydrogen-bond donors (Lipinski definition) is 0. The van der Waals surface area contributed by atoms with Gasteiger partial charge in [0.05, 0.1) is 11.0 Å². The van der Waals surface area contributed by atoms with E-state index in [0.717, 1.165) is 0 Å². The van der Waals surface area contributed by atoms with E-state index in [0.29, 0.717) is 0 Å². The van der Waals surface area contributed by atoms with Gasteiger partial charge < -0.3 is 9.47 Å². The summed E-state index contributed by atoms with van der Waals surface area (Å²) in [6, 6.07) is 45.8. The fourth-order valence-electron chi connectivity index (χ4n) is 5.52. The Kier molecular flexibility index (Phi) is 4.40. The van der Waals surface area contributed by atoms with E-state index >= 15 is 0 Å². The third-order valence-electron chi connectivity index (χ3n) is 7.16. The first kappa shape index (κ1) is 19.9. The summed E-state index contributed by atoms with van der Waals surface area (Å²) in [4.78, 5) is 2.26. The summed E-state index contributed by atoms with van der Waals surface area (Å²) in [5, 5.41) is 7.73. The Hall–Kier alpha value is -4.56. The van der Waals surface area contributed by atoms with Gasteiger partial charge in [-0.15, -0.1) is 0 Å². The molecule has 0 aliphatic heterocycles. The van der Waals surface area contributed by atoms with Crippen LogP contribution in [0.5, 0.6) is 0 Å². The quantitative estimate of drug-likeness (QED) is 0.245. The molecule has 0 saturated carbocycles. The Bertz CT molecular complexity index is 1850. The van der Waals surface area contributed by atoms with Gasteiger partial charge in [-0.3, -0.25) is 0 Å². The van der Waals surface area contributed by atoms with E-state index in [9.17, 15) is 0 Å². The fourth-order valence-corrected chi connectivity index (χ4v) is 5.52. The molecule has 0 bridgehead atoms. The van der Waals surface area contributed by atoms with Gasteiger partial charge in [0.15, 0.2) is 0 Å². The maximum absolute atomic E-state index is 2.44. The van der Waals surface area contributed by atoms with Crippen LogP contribution in [0.2, 0.25) is 0 Å². The zero-order valence-corrected chi connectivity index (χ0v) is 19.5. The summed E-state index contributed by atoms with van der Waals surface area (Å²) >= 11 is 0. The third kappa shape index (κ3) is 2.97. The van der Waals surface area contributed by atoms with Crippen molar-refractivity contribution in [2.45, 2.75) is 0 Å². The molecule has 35 heavy (non-hydrogen) atoms. The highest BCUT2D eigenvalue weighted by Crippen LogP contribution is 2.43. The second-order valence-electron chi connectivity index (χ2n) is 9.08. The summed E-state index contributed by atoms with van der Waals surface area (Å²) in [5.74, 6) is 0. The topological polar surface area (TPSA) is 8.17 Å². The molecule has 2 heteroatoms. The average Bonchev–Trinajstić information content (AvgIpc) is 3.29. The van der Waals surface area contributed by atoms with E-state index in [1.54, 1.807) is 0 Å². The van der Waals surface area contributed by atoms with Crippen LogP contribution < -0.4 is 4.90 Å². The van der Waals surface area contributed by atoms with E-state index in [4.69, 9.17) is 0 Å². The molecule has 0 spiro atoms. The van der Waals surface area contributed by atoms with Crippen molar-refractivity contribution in [3.8, 4) is 5.69 Å². The highest BCUT2D eigenvalue weighted by atomic mass is 15.1. The third-order valence-corrected chi connectivity index (χ3v) is 7.16. The molecule has 0 radical (unpaired) electrons. The minimum atomic E-state index is 1.17. The monoisotopic (exact) mass is 448 g/mol. The van der Waals surface area contributed by atoms with Gasteiger partial charge in [-0.2, -0.15) is 0 Å². The minimum Gasteiger partial charge on any atom is -0.345 e. The predicted octanol–water partition coefficient (Wildman–Crippen LogP) is 8.86. The molecular weight excluding hydrogens is 424 g/mol. The van der Waals surface area contributed by atoms with Gasteiger partial charge in [0.1, 0.15) is 0 Å². The SMILES string of the molecule is CN(c1ccccc1)c1ccc2c(c1)c1c3ccccc3c3ccccc3c1n2-c1ccccc1. The number of nitrogens with zero attached hydrogens (tertiary/aromatic N) is 2. The maximum Gasteiger partial charge on any atom is 0.0625 e. The number of benzene rings is 6. The van der Waals surface area contributed by atoms with Gasteiger partial charge in [-0.25, -0.2) is 0 Å². The molecule has 0 amide bonds. The van der Waals surface area contributed by atoms with Crippen molar-refractivity contribution in [2.24, 2.45) is 0 Å². The van der Waals surface area contributed by atoms with Gasteiger partial charge in [0.25, 0.3) is 0 Å². The molecule has 0 saturated heterocycles. The molecule has 0 atom stereocenters. The molecule has 7 aromatic rings. The Labute approximate surface area is 204 Å². The van der Waals surface area contributed by atoms with Crippen LogP contribution >= 0.6 is 0 Å². The number of anilines is 2. The van der Waals surface area contributed by atoms with Gasteiger partial charge >= 0.3 is 0 Å². The maximum atomic E-state index is 2.44. The zero-order valence-electron chi connectivity index (χ0n) is 19.5. The molecule has 0 unspecified atom stereocenters. The number of para-hydroxylation sites is 2. The molecule has 0 N–H and O–H groups in total. The van der Waals surface area contributed by atoms with Crippen molar-refractivity contribution in [3.05, 3.63) is 127 Å². The number of hydrogen-bond acceptors (Lipinski definition) is 1. The van der Waals surface area contributed by atoms with Crippen LogP contribution in [0.4, 0.5) is 11.4 Å². The number of fused-ring (bicyclic) bond motifs is 8. The highest BCUT2D eigenvalue weighted by Gasteiger charge is 2.19. The van der Waals surface area contributed by atoms with Crippen LogP contribution in [0.3, 0.4) is 0 Å². The highest BCUT2D eigenvalue weighted by molar-refractivity contribution is 6.32. The van der Waals surface area contributed by atoms with Gasteiger partial charge in [0.2, 0.25) is 0 Å². The van der Waals surface area contributed by atoms with E-state index in [-0.39, 0.29) is 0 Å². The first-order valence-corrected chi connectivity index (χ1v) is 12.0. The second-order valence-corrected chi connectivity index (χ2v) is 9.08. The fraction of sp³-hybridized carbons (Fsp3) is 0.0303. The molecule has 1 aromatic heterocycles. The summed E-state index contributed by atoms with van der Waals surface area (Å²) in [6.07, 6.45) is 0. The summed E-state index contributed by atoms with van der Waals surface area (Å²) < 4.78 is 2.44. The Morgan fingerprint density at radius 3 is 1.77 bits per heavy atom. The lowest BCUT2D eigenvalue weighted by Crippen LogP contribution is -2.08. The lowest BCUT2D eigenvalue weighted by molar-refractivity contribution is 1.18. The number of rotatable bonds is 3. The van der Waals surface area contributed by atoms with Crippen molar-refractivity contribution >= 4 is 54.7 Å².